The van der Waals surface area contributed by atoms with Crippen LogP contribution in [0.1, 0.15) is 31.2 Å². The number of nitrogens with zero attached hydrogens (tertiary/aromatic N) is 6. The zero-order valence-corrected chi connectivity index (χ0v) is 21.0. The Hall–Kier alpha value is -3.61. The monoisotopic (exact) mass is 510 g/mol. The molecule has 12 heteroatoms. The number of anilines is 2. The molecule has 37 heavy (non-hydrogen) atoms. The SMILES string of the molecule is CN1C(=O)c2ccc(N(C)C(=O)c3cc(OCCN4CCOCC4)nc(N4CCOCC4)n3)cc2C1=O. The second-order valence-electron chi connectivity index (χ2n) is 9.06. The lowest BCUT2D eigenvalue weighted by Gasteiger charge is -2.28. The van der Waals surface area contributed by atoms with E-state index in [1.807, 2.05) is 4.90 Å². The number of hydrogen-bond donors (Lipinski definition) is 0. The molecule has 0 atom stereocenters. The molecule has 0 bridgehead atoms. The minimum Gasteiger partial charge on any atom is -0.476 e. The smallest absolute Gasteiger partial charge is 0.276 e. The van der Waals surface area contributed by atoms with Crippen molar-refractivity contribution in [3.63, 3.8) is 0 Å². The molecule has 12 nitrogen and oxygen atoms in total. The van der Waals surface area contributed by atoms with E-state index in [0.717, 1.165) is 24.5 Å². The Kier molecular flexibility index (Phi) is 7.31. The van der Waals surface area contributed by atoms with Crippen LogP contribution in [0.25, 0.3) is 0 Å². The third kappa shape index (κ3) is 5.26. The molecule has 0 spiro atoms. The number of imide groups is 1. The molecule has 0 unspecified atom stereocenters. The summed E-state index contributed by atoms with van der Waals surface area (Å²) in [4.78, 5) is 54.0. The summed E-state index contributed by atoms with van der Waals surface area (Å²) < 4.78 is 16.8. The third-order valence-corrected chi connectivity index (χ3v) is 6.73. The van der Waals surface area contributed by atoms with Gasteiger partial charge < -0.3 is 24.0 Å². The van der Waals surface area contributed by atoms with E-state index in [2.05, 4.69) is 14.9 Å². The van der Waals surface area contributed by atoms with Crippen LogP contribution in [0.4, 0.5) is 11.6 Å². The summed E-state index contributed by atoms with van der Waals surface area (Å²) in [6, 6.07) is 6.31. The second kappa shape index (κ2) is 10.8. The van der Waals surface area contributed by atoms with Crippen LogP contribution in [0.5, 0.6) is 5.88 Å². The molecule has 1 aromatic heterocycles. The lowest BCUT2D eigenvalue weighted by atomic mass is 10.1. The van der Waals surface area contributed by atoms with Crippen LogP contribution in [-0.4, -0.2) is 117 Å². The number of fused-ring (bicyclic) bond motifs is 1. The van der Waals surface area contributed by atoms with Gasteiger partial charge in [-0.2, -0.15) is 4.98 Å². The fourth-order valence-corrected chi connectivity index (χ4v) is 4.45. The van der Waals surface area contributed by atoms with Crippen LogP contribution in [0, 0.1) is 0 Å². The van der Waals surface area contributed by atoms with Gasteiger partial charge in [-0.1, -0.05) is 0 Å². The summed E-state index contributed by atoms with van der Waals surface area (Å²) in [5.74, 6) is -0.418. The van der Waals surface area contributed by atoms with Gasteiger partial charge in [0, 0.05) is 58.6 Å². The van der Waals surface area contributed by atoms with Gasteiger partial charge in [-0.25, -0.2) is 4.98 Å². The van der Waals surface area contributed by atoms with Crippen LogP contribution in [0.2, 0.25) is 0 Å². The van der Waals surface area contributed by atoms with E-state index in [4.69, 9.17) is 14.2 Å². The van der Waals surface area contributed by atoms with Crippen molar-refractivity contribution < 1.29 is 28.6 Å². The Morgan fingerprint density at radius 2 is 1.65 bits per heavy atom. The van der Waals surface area contributed by atoms with E-state index in [1.165, 1.54) is 18.0 Å². The lowest BCUT2D eigenvalue weighted by Crippen LogP contribution is -2.39. The Bertz CT molecular complexity index is 1190. The second-order valence-corrected chi connectivity index (χ2v) is 9.06. The third-order valence-electron chi connectivity index (χ3n) is 6.73. The van der Waals surface area contributed by atoms with Gasteiger partial charge in [-0.05, 0) is 18.2 Å². The molecule has 4 heterocycles. The van der Waals surface area contributed by atoms with E-state index in [9.17, 15) is 14.4 Å². The normalized spacial score (nSPS) is 18.2. The van der Waals surface area contributed by atoms with Crippen LogP contribution in [-0.2, 0) is 9.47 Å². The van der Waals surface area contributed by atoms with Crippen molar-refractivity contribution in [2.75, 3.05) is 89.7 Å². The van der Waals surface area contributed by atoms with Gasteiger partial charge in [0.15, 0.2) is 0 Å². The molecule has 0 N–H and O–H groups in total. The Morgan fingerprint density at radius 3 is 2.38 bits per heavy atom. The van der Waals surface area contributed by atoms with Gasteiger partial charge in [0.1, 0.15) is 12.3 Å². The zero-order chi connectivity index (χ0) is 25.9. The first-order chi connectivity index (χ1) is 17.9. The van der Waals surface area contributed by atoms with Crippen molar-refractivity contribution in [1.82, 2.24) is 19.8 Å². The zero-order valence-electron chi connectivity index (χ0n) is 21.0. The highest BCUT2D eigenvalue weighted by molar-refractivity contribution is 6.21. The predicted octanol–water partition coefficient (Wildman–Crippen LogP) is 0.527. The molecular formula is C25H30N6O6. The van der Waals surface area contributed by atoms with Gasteiger partial charge in [0.2, 0.25) is 11.8 Å². The number of amides is 3. The summed E-state index contributed by atoms with van der Waals surface area (Å²) >= 11 is 0. The number of hydrogen-bond acceptors (Lipinski definition) is 10. The number of carbonyl (C=O) groups is 3. The summed E-state index contributed by atoms with van der Waals surface area (Å²) in [6.07, 6.45) is 0. The van der Waals surface area contributed by atoms with Crippen molar-refractivity contribution in [3.05, 3.63) is 41.1 Å². The molecule has 2 saturated heterocycles. The summed E-state index contributed by atoms with van der Waals surface area (Å²) in [5, 5.41) is 0. The molecule has 3 aliphatic rings. The van der Waals surface area contributed by atoms with Gasteiger partial charge in [-0.15, -0.1) is 0 Å². The van der Waals surface area contributed by atoms with E-state index >= 15 is 0 Å². The van der Waals surface area contributed by atoms with E-state index < -0.39 is 5.91 Å². The molecule has 0 radical (unpaired) electrons. The van der Waals surface area contributed by atoms with Crippen molar-refractivity contribution in [3.8, 4) is 5.88 Å². The minimum atomic E-state index is -0.393. The highest BCUT2D eigenvalue weighted by Crippen LogP contribution is 2.27. The maximum absolute atomic E-state index is 13.5. The minimum absolute atomic E-state index is 0.167. The molecule has 3 aliphatic heterocycles. The number of benzene rings is 1. The molecule has 3 amide bonds. The van der Waals surface area contributed by atoms with Crippen LogP contribution in [0.3, 0.4) is 0 Å². The molecule has 5 rings (SSSR count). The van der Waals surface area contributed by atoms with Gasteiger partial charge >= 0.3 is 0 Å². The van der Waals surface area contributed by atoms with E-state index in [1.54, 1.807) is 25.2 Å². The van der Waals surface area contributed by atoms with Crippen molar-refractivity contribution in [2.45, 2.75) is 0 Å². The molecule has 1 aromatic carbocycles. The predicted molar refractivity (Wildman–Crippen MR) is 133 cm³/mol. The molecular weight excluding hydrogens is 480 g/mol. The largest absolute Gasteiger partial charge is 0.476 e. The molecule has 196 valence electrons. The quantitative estimate of drug-likeness (QED) is 0.488. The number of morpholine rings is 2. The number of rotatable bonds is 7. The fraction of sp³-hybridized carbons (Fsp3) is 0.480. The Labute approximate surface area is 214 Å². The number of ether oxygens (including phenoxy) is 3. The first-order valence-corrected chi connectivity index (χ1v) is 12.3. The van der Waals surface area contributed by atoms with Crippen LogP contribution < -0.4 is 14.5 Å². The summed E-state index contributed by atoms with van der Waals surface area (Å²) in [5.41, 5.74) is 1.24. The van der Waals surface area contributed by atoms with Gasteiger partial charge in [0.25, 0.3) is 17.7 Å². The van der Waals surface area contributed by atoms with Crippen molar-refractivity contribution >= 4 is 29.4 Å². The fourth-order valence-electron chi connectivity index (χ4n) is 4.45. The van der Waals surface area contributed by atoms with E-state index in [0.29, 0.717) is 69.2 Å². The summed E-state index contributed by atoms with van der Waals surface area (Å²) in [7, 11) is 3.04. The standard InChI is InChI=1S/C25H30N6O6/c1-28(17-3-4-18-19(15-17)23(33)29(2)22(18)32)24(34)20-16-21(37-14-7-30-5-10-35-11-6-30)27-25(26-20)31-8-12-36-13-9-31/h3-4,15-16H,5-14H2,1-2H3. The van der Waals surface area contributed by atoms with Gasteiger partial charge in [-0.3, -0.25) is 24.2 Å². The highest BCUT2D eigenvalue weighted by atomic mass is 16.5. The van der Waals surface area contributed by atoms with Crippen LogP contribution in [0.15, 0.2) is 24.3 Å². The van der Waals surface area contributed by atoms with Gasteiger partial charge in [0.05, 0.1) is 37.6 Å². The van der Waals surface area contributed by atoms with Crippen molar-refractivity contribution in [1.29, 1.82) is 0 Å². The average Bonchev–Trinajstić information content (AvgIpc) is 3.16. The molecule has 0 aliphatic carbocycles. The maximum Gasteiger partial charge on any atom is 0.276 e. The molecule has 0 saturated carbocycles. The Balaban J connectivity index is 1.37. The first-order valence-electron chi connectivity index (χ1n) is 12.3. The highest BCUT2D eigenvalue weighted by Gasteiger charge is 2.33. The average molecular weight is 511 g/mol. The summed E-state index contributed by atoms with van der Waals surface area (Å²) in [6.45, 7) is 6.56. The first kappa shape index (κ1) is 25.1. The van der Waals surface area contributed by atoms with Crippen molar-refractivity contribution in [2.24, 2.45) is 0 Å². The Morgan fingerprint density at radius 1 is 0.973 bits per heavy atom. The lowest BCUT2D eigenvalue weighted by molar-refractivity contribution is 0.0320. The van der Waals surface area contributed by atoms with E-state index in [-0.39, 0.29) is 23.1 Å². The van der Waals surface area contributed by atoms with Crippen LogP contribution >= 0.6 is 0 Å². The number of aromatic nitrogens is 2. The topological polar surface area (TPSA) is 118 Å². The maximum atomic E-state index is 13.5. The number of carbonyl (C=O) groups excluding carboxylic acids is 3. The molecule has 2 fully saturated rings. The molecule has 2 aromatic rings.